The maximum absolute atomic E-state index is 5.27. The first-order valence-corrected chi connectivity index (χ1v) is 6.81. The summed E-state index contributed by atoms with van der Waals surface area (Å²) < 4.78 is 7.43. The third-order valence-corrected chi connectivity index (χ3v) is 4.02. The van der Waals surface area contributed by atoms with Crippen LogP contribution in [0.2, 0.25) is 0 Å². The quantitative estimate of drug-likeness (QED) is 0.719. The first-order valence-electron chi connectivity index (χ1n) is 5.22. The van der Waals surface area contributed by atoms with Gasteiger partial charge in [-0.3, -0.25) is 0 Å². The molecule has 0 N–H and O–H groups in total. The second kappa shape index (κ2) is 5.23. The summed E-state index contributed by atoms with van der Waals surface area (Å²) in [4.78, 5) is 0. The van der Waals surface area contributed by atoms with Crippen LogP contribution in [0.5, 0.6) is 5.75 Å². The summed E-state index contributed by atoms with van der Waals surface area (Å²) in [5.41, 5.74) is 3.56. The molecule has 0 aliphatic heterocycles. The summed E-state index contributed by atoms with van der Waals surface area (Å²) in [6.45, 7) is 2.10. The van der Waals surface area contributed by atoms with Crippen LogP contribution in [0.1, 0.15) is 5.56 Å². The molecule has 0 spiro atoms. The topological polar surface area (TPSA) is 9.23 Å². The zero-order valence-corrected chi connectivity index (χ0v) is 12.8. The van der Waals surface area contributed by atoms with Crippen LogP contribution < -0.4 is 4.74 Å². The molecule has 2 aromatic carbocycles. The Balaban J connectivity index is 2.67. The second-order valence-electron chi connectivity index (χ2n) is 3.78. The molecule has 3 heteroatoms. The van der Waals surface area contributed by atoms with Crippen molar-refractivity contribution in [1.29, 1.82) is 0 Å². The average molecular weight is 356 g/mol. The van der Waals surface area contributed by atoms with Crippen molar-refractivity contribution in [3.05, 3.63) is 50.9 Å². The van der Waals surface area contributed by atoms with Gasteiger partial charge >= 0.3 is 0 Å². The first-order chi connectivity index (χ1) is 8.13. The smallest absolute Gasteiger partial charge is 0.119 e. The number of hydrogen-bond donors (Lipinski definition) is 0. The second-order valence-corrected chi connectivity index (χ2v) is 5.49. The summed E-state index contributed by atoms with van der Waals surface area (Å²) in [7, 11) is 1.68. The minimum absolute atomic E-state index is 0.860. The van der Waals surface area contributed by atoms with Crippen LogP contribution in [0.25, 0.3) is 11.1 Å². The van der Waals surface area contributed by atoms with Crippen LogP contribution in [0.15, 0.2) is 45.3 Å². The molecule has 0 unspecified atom stereocenters. The summed E-state index contributed by atoms with van der Waals surface area (Å²) in [6.07, 6.45) is 0. The minimum atomic E-state index is 0.860. The Kier molecular flexibility index (Phi) is 3.89. The molecule has 0 bridgehead atoms. The number of methoxy groups -OCH3 is 1. The molecule has 0 heterocycles. The lowest BCUT2D eigenvalue weighted by Gasteiger charge is -2.12. The third-order valence-electron chi connectivity index (χ3n) is 2.66. The lowest BCUT2D eigenvalue weighted by molar-refractivity contribution is 0.415. The van der Waals surface area contributed by atoms with Crippen LogP contribution in [-0.2, 0) is 0 Å². The van der Waals surface area contributed by atoms with Gasteiger partial charge in [0.25, 0.3) is 0 Å². The number of halogens is 2. The summed E-state index contributed by atoms with van der Waals surface area (Å²) in [5, 5.41) is 0. The van der Waals surface area contributed by atoms with Crippen LogP contribution in [0, 0.1) is 6.92 Å². The lowest BCUT2D eigenvalue weighted by Crippen LogP contribution is -1.89. The van der Waals surface area contributed by atoms with E-state index in [1.54, 1.807) is 7.11 Å². The van der Waals surface area contributed by atoms with Gasteiger partial charge in [-0.05, 0) is 36.8 Å². The molecule has 0 aromatic heterocycles. The van der Waals surface area contributed by atoms with Crippen molar-refractivity contribution in [3.63, 3.8) is 0 Å². The van der Waals surface area contributed by atoms with Crippen LogP contribution in [0.3, 0.4) is 0 Å². The highest BCUT2D eigenvalue weighted by Gasteiger charge is 2.10. The highest BCUT2D eigenvalue weighted by atomic mass is 79.9. The van der Waals surface area contributed by atoms with E-state index in [4.69, 9.17) is 4.74 Å². The predicted octanol–water partition coefficient (Wildman–Crippen LogP) is 5.20. The zero-order valence-electron chi connectivity index (χ0n) is 9.63. The molecule has 1 nitrogen and oxygen atoms in total. The number of rotatable bonds is 2. The van der Waals surface area contributed by atoms with E-state index in [-0.39, 0.29) is 0 Å². The fraction of sp³-hybridized carbons (Fsp3) is 0.143. The van der Waals surface area contributed by atoms with Crippen LogP contribution in [-0.4, -0.2) is 7.11 Å². The summed E-state index contributed by atoms with van der Waals surface area (Å²) >= 11 is 7.19. The Morgan fingerprint density at radius 3 is 2.41 bits per heavy atom. The molecule has 17 heavy (non-hydrogen) atoms. The van der Waals surface area contributed by atoms with Crippen LogP contribution in [0.4, 0.5) is 0 Å². The number of ether oxygens (including phenoxy) is 1. The van der Waals surface area contributed by atoms with Gasteiger partial charge in [0.15, 0.2) is 0 Å². The number of hydrogen-bond acceptors (Lipinski definition) is 1. The van der Waals surface area contributed by atoms with Gasteiger partial charge in [0.2, 0.25) is 0 Å². The Morgan fingerprint density at radius 1 is 1.00 bits per heavy atom. The van der Waals surface area contributed by atoms with E-state index in [2.05, 4.69) is 44.8 Å². The van der Waals surface area contributed by atoms with Crippen molar-refractivity contribution in [3.8, 4) is 16.9 Å². The van der Waals surface area contributed by atoms with Gasteiger partial charge < -0.3 is 4.74 Å². The van der Waals surface area contributed by atoms with Gasteiger partial charge in [-0.2, -0.15) is 0 Å². The molecule has 0 atom stereocenters. The van der Waals surface area contributed by atoms with Gasteiger partial charge in [-0.1, -0.05) is 44.0 Å². The maximum atomic E-state index is 5.27. The Hall–Kier alpha value is -0.800. The van der Waals surface area contributed by atoms with Gasteiger partial charge in [0.1, 0.15) is 5.75 Å². The number of benzene rings is 2. The van der Waals surface area contributed by atoms with E-state index in [1.165, 1.54) is 11.1 Å². The summed E-state index contributed by atoms with van der Waals surface area (Å²) in [6, 6.07) is 12.2. The van der Waals surface area contributed by atoms with Crippen molar-refractivity contribution in [2.75, 3.05) is 7.11 Å². The van der Waals surface area contributed by atoms with Crippen molar-refractivity contribution in [2.24, 2.45) is 0 Å². The van der Waals surface area contributed by atoms with Crippen molar-refractivity contribution in [2.45, 2.75) is 6.92 Å². The molecule has 0 aliphatic carbocycles. The Morgan fingerprint density at radius 2 is 1.76 bits per heavy atom. The molecule has 0 fully saturated rings. The van der Waals surface area contributed by atoms with E-state index in [0.717, 1.165) is 20.3 Å². The van der Waals surface area contributed by atoms with Gasteiger partial charge in [0.05, 0.1) is 7.11 Å². The van der Waals surface area contributed by atoms with E-state index < -0.39 is 0 Å². The molecular formula is C14H12Br2O. The highest BCUT2D eigenvalue weighted by molar-refractivity contribution is 9.11. The molecule has 2 rings (SSSR count). The zero-order chi connectivity index (χ0) is 12.4. The summed E-state index contributed by atoms with van der Waals surface area (Å²) in [5.74, 6) is 0.860. The van der Waals surface area contributed by atoms with E-state index in [0.29, 0.717) is 0 Å². The number of aryl methyl sites for hydroxylation is 1. The first kappa shape index (κ1) is 12.7. The SMILES string of the molecule is COc1ccc(Br)c(-c2c(C)cccc2Br)c1. The Bertz CT molecular complexity index is 530. The molecule has 88 valence electrons. The minimum Gasteiger partial charge on any atom is -0.497 e. The molecule has 0 aliphatic rings. The van der Waals surface area contributed by atoms with E-state index >= 15 is 0 Å². The molecule has 0 saturated heterocycles. The molecule has 0 amide bonds. The molecule has 0 radical (unpaired) electrons. The monoisotopic (exact) mass is 354 g/mol. The predicted molar refractivity (Wildman–Crippen MR) is 78.6 cm³/mol. The van der Waals surface area contributed by atoms with Gasteiger partial charge in [-0.25, -0.2) is 0 Å². The maximum Gasteiger partial charge on any atom is 0.119 e. The molecule has 0 saturated carbocycles. The molecular weight excluding hydrogens is 344 g/mol. The highest BCUT2D eigenvalue weighted by Crippen LogP contribution is 2.37. The van der Waals surface area contributed by atoms with E-state index in [1.807, 2.05) is 30.3 Å². The van der Waals surface area contributed by atoms with Gasteiger partial charge in [0, 0.05) is 20.1 Å². The average Bonchev–Trinajstić information content (AvgIpc) is 2.31. The molecule has 2 aromatic rings. The Labute approximate surface area is 118 Å². The lowest BCUT2D eigenvalue weighted by atomic mass is 10.0. The van der Waals surface area contributed by atoms with Crippen molar-refractivity contribution in [1.82, 2.24) is 0 Å². The fourth-order valence-electron chi connectivity index (χ4n) is 1.80. The van der Waals surface area contributed by atoms with E-state index in [9.17, 15) is 0 Å². The largest absolute Gasteiger partial charge is 0.497 e. The fourth-order valence-corrected chi connectivity index (χ4v) is 2.92. The third kappa shape index (κ3) is 2.55. The van der Waals surface area contributed by atoms with Gasteiger partial charge in [-0.15, -0.1) is 0 Å². The normalized spacial score (nSPS) is 10.4. The van der Waals surface area contributed by atoms with Crippen molar-refractivity contribution >= 4 is 31.9 Å². The van der Waals surface area contributed by atoms with Crippen LogP contribution >= 0.6 is 31.9 Å². The standard InChI is InChI=1S/C14H12Br2O/c1-9-4-3-5-13(16)14(9)11-8-10(17-2)6-7-12(11)15/h3-8H,1-2H3. The van der Waals surface area contributed by atoms with Crippen molar-refractivity contribution < 1.29 is 4.74 Å².